The van der Waals surface area contributed by atoms with Crippen molar-refractivity contribution in [1.82, 2.24) is 5.32 Å². The van der Waals surface area contributed by atoms with Gasteiger partial charge in [-0.25, -0.2) is 0 Å². The number of carbonyl (C=O) groups is 2. The summed E-state index contributed by atoms with van der Waals surface area (Å²) in [5.74, 6) is 0.751. The summed E-state index contributed by atoms with van der Waals surface area (Å²) < 4.78 is 0. The van der Waals surface area contributed by atoms with Gasteiger partial charge in [0.15, 0.2) is 0 Å². The van der Waals surface area contributed by atoms with E-state index in [1.807, 2.05) is 11.8 Å². The van der Waals surface area contributed by atoms with Crippen LogP contribution in [0.2, 0.25) is 0 Å². The summed E-state index contributed by atoms with van der Waals surface area (Å²) in [6.45, 7) is 1.08. The highest BCUT2D eigenvalue weighted by molar-refractivity contribution is 7.99. The molecule has 5 nitrogen and oxygen atoms in total. The Balaban J connectivity index is 1.42. The second-order valence-electron chi connectivity index (χ2n) is 6.84. The molecule has 1 saturated heterocycles. The fourth-order valence-electron chi connectivity index (χ4n) is 3.54. The van der Waals surface area contributed by atoms with Crippen molar-refractivity contribution in [1.29, 1.82) is 0 Å². The fraction of sp³-hybridized carbons (Fsp3) is 0.579. The number of thioether (sulfide) groups is 1. The van der Waals surface area contributed by atoms with Crippen molar-refractivity contribution in [3.8, 4) is 5.75 Å². The van der Waals surface area contributed by atoms with Gasteiger partial charge in [-0.15, -0.1) is 0 Å². The maximum atomic E-state index is 12.3. The van der Waals surface area contributed by atoms with Crippen molar-refractivity contribution in [3.63, 3.8) is 0 Å². The third-order valence-corrected chi connectivity index (χ3v) is 6.35. The van der Waals surface area contributed by atoms with Gasteiger partial charge >= 0.3 is 0 Å². The number of phenolic OH excluding ortho intramolecular Hbond substituents is 1. The molecule has 1 atom stereocenters. The largest absolute Gasteiger partial charge is 0.508 e. The van der Waals surface area contributed by atoms with Gasteiger partial charge in [-0.3, -0.25) is 9.59 Å². The van der Waals surface area contributed by atoms with Crippen LogP contribution in [0.25, 0.3) is 0 Å². The fourth-order valence-corrected chi connectivity index (χ4v) is 4.76. The molecule has 2 N–H and O–H groups in total. The van der Waals surface area contributed by atoms with Crippen LogP contribution in [-0.4, -0.2) is 41.0 Å². The Morgan fingerprint density at radius 2 is 1.92 bits per heavy atom. The molecule has 136 valence electrons. The number of hydrogen-bond acceptors (Lipinski definition) is 4. The summed E-state index contributed by atoms with van der Waals surface area (Å²) in [7, 11) is 0. The molecule has 0 radical (unpaired) electrons. The van der Waals surface area contributed by atoms with Gasteiger partial charge in [0.25, 0.3) is 0 Å². The molecule has 1 aliphatic carbocycles. The van der Waals surface area contributed by atoms with Gasteiger partial charge in [-0.1, -0.05) is 19.3 Å². The summed E-state index contributed by atoms with van der Waals surface area (Å²) in [4.78, 5) is 26.1. The second kappa shape index (κ2) is 8.61. The maximum absolute atomic E-state index is 12.3. The summed E-state index contributed by atoms with van der Waals surface area (Å²) in [6.07, 6.45) is 6.89. The van der Waals surface area contributed by atoms with Crippen molar-refractivity contribution in [3.05, 3.63) is 24.3 Å². The standard InChI is InChI=1S/C19H26N2O3S/c22-16-8-6-15(7-9-16)21-13-14(12-18(21)23)19(24)20-10-11-25-17-4-2-1-3-5-17/h6-9,14,17,22H,1-5,10-13H2,(H,20,24)/t14-/m1/s1. The van der Waals surface area contributed by atoms with E-state index in [4.69, 9.17) is 0 Å². The quantitative estimate of drug-likeness (QED) is 0.764. The zero-order valence-corrected chi connectivity index (χ0v) is 15.3. The van der Waals surface area contributed by atoms with Crippen LogP contribution in [0.1, 0.15) is 38.5 Å². The molecule has 1 aromatic rings. The van der Waals surface area contributed by atoms with Crippen LogP contribution < -0.4 is 10.2 Å². The van der Waals surface area contributed by atoms with Crippen LogP contribution in [0.5, 0.6) is 5.75 Å². The van der Waals surface area contributed by atoms with Gasteiger partial charge < -0.3 is 15.3 Å². The molecule has 2 fully saturated rings. The molecule has 6 heteroatoms. The number of nitrogens with zero attached hydrogens (tertiary/aromatic N) is 1. The first-order valence-corrected chi connectivity index (χ1v) is 10.2. The van der Waals surface area contributed by atoms with Gasteiger partial charge in [0.2, 0.25) is 11.8 Å². The number of hydrogen-bond donors (Lipinski definition) is 2. The van der Waals surface area contributed by atoms with Crippen LogP contribution in [0.4, 0.5) is 5.69 Å². The predicted molar refractivity (Wildman–Crippen MR) is 101 cm³/mol. The lowest BCUT2D eigenvalue weighted by Gasteiger charge is -2.21. The third-order valence-electron chi connectivity index (χ3n) is 4.96. The molecule has 1 aliphatic heterocycles. The molecule has 1 saturated carbocycles. The monoisotopic (exact) mass is 362 g/mol. The molecule has 0 spiro atoms. The molecule has 0 bridgehead atoms. The highest BCUT2D eigenvalue weighted by Crippen LogP contribution is 2.28. The normalized spacial score (nSPS) is 21.5. The molecule has 0 unspecified atom stereocenters. The molecule has 1 heterocycles. The third kappa shape index (κ3) is 4.91. The molecule has 1 aromatic carbocycles. The molecule has 2 aliphatic rings. The number of amides is 2. The number of anilines is 1. The Hall–Kier alpha value is -1.69. The highest BCUT2D eigenvalue weighted by Gasteiger charge is 2.34. The minimum atomic E-state index is -0.291. The Kier molecular flexibility index (Phi) is 6.24. The maximum Gasteiger partial charge on any atom is 0.227 e. The first-order valence-electron chi connectivity index (χ1n) is 9.12. The van der Waals surface area contributed by atoms with Crippen molar-refractivity contribution >= 4 is 29.3 Å². The van der Waals surface area contributed by atoms with Crippen molar-refractivity contribution in [2.45, 2.75) is 43.8 Å². The molecule has 25 heavy (non-hydrogen) atoms. The summed E-state index contributed by atoms with van der Waals surface area (Å²) >= 11 is 1.97. The van der Waals surface area contributed by atoms with E-state index in [1.54, 1.807) is 29.2 Å². The van der Waals surface area contributed by atoms with Gasteiger partial charge in [0, 0.05) is 36.2 Å². The first kappa shape index (κ1) is 18.1. The van der Waals surface area contributed by atoms with Gasteiger partial charge in [-0.05, 0) is 37.1 Å². The zero-order chi connectivity index (χ0) is 17.6. The smallest absolute Gasteiger partial charge is 0.227 e. The molecule has 2 amide bonds. The van der Waals surface area contributed by atoms with Crippen LogP contribution in [-0.2, 0) is 9.59 Å². The van der Waals surface area contributed by atoms with Crippen LogP contribution in [0.15, 0.2) is 24.3 Å². The minimum absolute atomic E-state index is 0.0288. The second-order valence-corrected chi connectivity index (χ2v) is 8.25. The van der Waals surface area contributed by atoms with Crippen molar-refractivity contribution in [2.75, 3.05) is 23.7 Å². The number of nitrogens with one attached hydrogen (secondary N) is 1. The molecular weight excluding hydrogens is 336 g/mol. The van der Waals surface area contributed by atoms with Crippen molar-refractivity contribution in [2.24, 2.45) is 5.92 Å². The van der Waals surface area contributed by atoms with E-state index in [0.717, 1.165) is 16.7 Å². The summed E-state index contributed by atoms with van der Waals surface area (Å²) in [6, 6.07) is 6.51. The van der Waals surface area contributed by atoms with Crippen LogP contribution >= 0.6 is 11.8 Å². The van der Waals surface area contributed by atoms with Crippen molar-refractivity contribution < 1.29 is 14.7 Å². The van der Waals surface area contributed by atoms with Crippen LogP contribution in [0.3, 0.4) is 0 Å². The topological polar surface area (TPSA) is 69.6 Å². The van der Waals surface area contributed by atoms with E-state index in [2.05, 4.69) is 5.32 Å². The first-order chi connectivity index (χ1) is 12.1. The van der Waals surface area contributed by atoms with E-state index in [0.29, 0.717) is 13.1 Å². The minimum Gasteiger partial charge on any atom is -0.508 e. The van der Waals surface area contributed by atoms with E-state index in [9.17, 15) is 14.7 Å². The molecular formula is C19H26N2O3S. The number of rotatable bonds is 6. The lowest BCUT2D eigenvalue weighted by Crippen LogP contribution is -2.34. The Morgan fingerprint density at radius 3 is 2.64 bits per heavy atom. The summed E-state index contributed by atoms with van der Waals surface area (Å²) in [5, 5.41) is 13.1. The van der Waals surface area contributed by atoms with E-state index < -0.39 is 0 Å². The number of benzene rings is 1. The van der Waals surface area contributed by atoms with E-state index >= 15 is 0 Å². The number of aromatic hydroxyl groups is 1. The SMILES string of the molecule is O=C(NCCSC1CCCCC1)[C@@H]1CC(=O)N(c2ccc(O)cc2)C1. The van der Waals surface area contributed by atoms with Gasteiger partial charge in [0.05, 0.1) is 5.92 Å². The highest BCUT2D eigenvalue weighted by atomic mass is 32.2. The lowest BCUT2D eigenvalue weighted by atomic mass is 10.0. The molecule has 0 aromatic heterocycles. The van der Waals surface area contributed by atoms with E-state index in [1.165, 1.54) is 32.1 Å². The average Bonchev–Trinajstić information content (AvgIpc) is 3.02. The lowest BCUT2D eigenvalue weighted by molar-refractivity contribution is -0.126. The Labute approximate surface area is 153 Å². The van der Waals surface area contributed by atoms with Gasteiger partial charge in [-0.2, -0.15) is 11.8 Å². The average molecular weight is 362 g/mol. The summed E-state index contributed by atoms with van der Waals surface area (Å²) in [5.41, 5.74) is 0.728. The number of carbonyl (C=O) groups excluding carboxylic acids is 2. The zero-order valence-electron chi connectivity index (χ0n) is 14.4. The van der Waals surface area contributed by atoms with Gasteiger partial charge in [0.1, 0.15) is 5.75 Å². The Morgan fingerprint density at radius 1 is 1.20 bits per heavy atom. The van der Waals surface area contributed by atoms with E-state index in [-0.39, 0.29) is 29.9 Å². The number of phenols is 1. The predicted octanol–water partition coefficient (Wildman–Crippen LogP) is 2.93. The molecule has 3 rings (SSSR count). The Bertz CT molecular complexity index is 599. The van der Waals surface area contributed by atoms with Crippen LogP contribution in [0, 0.1) is 5.92 Å².